The number of piperazine rings is 1. The number of ketones is 1. The van der Waals surface area contributed by atoms with E-state index in [2.05, 4.69) is 15.2 Å². The lowest BCUT2D eigenvalue weighted by atomic mass is 9.99. The van der Waals surface area contributed by atoms with E-state index in [1.54, 1.807) is 25.4 Å². The predicted molar refractivity (Wildman–Crippen MR) is 133 cm³/mol. The number of aromatic nitrogens is 1. The fraction of sp³-hybridized carbons (Fsp3) is 0.320. The average Bonchev–Trinajstić information content (AvgIpc) is 2.84. The van der Waals surface area contributed by atoms with Gasteiger partial charge in [-0.05, 0) is 49.4 Å². The molecule has 1 saturated heterocycles. The van der Waals surface area contributed by atoms with E-state index in [1.807, 2.05) is 23.1 Å². The summed E-state index contributed by atoms with van der Waals surface area (Å²) in [7, 11) is 3.22. The van der Waals surface area contributed by atoms with Gasteiger partial charge in [-0.1, -0.05) is 17.7 Å². The van der Waals surface area contributed by atoms with Crippen molar-refractivity contribution in [2.75, 3.05) is 51.8 Å². The van der Waals surface area contributed by atoms with E-state index in [1.165, 1.54) is 14.0 Å². The Bertz CT molecular complexity index is 1260. The minimum absolute atomic E-state index is 0.0639. The Kier molecular flexibility index (Phi) is 6.90. The molecule has 178 valence electrons. The first-order valence-electron chi connectivity index (χ1n) is 11.0. The number of nitrogens with one attached hydrogen (secondary N) is 1. The molecule has 1 fully saturated rings. The number of hydrogen-bond acceptors (Lipinski definition) is 7. The Morgan fingerprint density at radius 1 is 1.15 bits per heavy atom. The summed E-state index contributed by atoms with van der Waals surface area (Å²) in [5, 5.41) is 14.0. The number of ether oxygens (including phenoxy) is 1. The van der Waals surface area contributed by atoms with Crippen LogP contribution in [-0.4, -0.2) is 73.6 Å². The molecule has 0 radical (unpaired) electrons. The minimum Gasteiger partial charge on any atom is -0.503 e. The molecule has 1 aromatic heterocycles. The van der Waals surface area contributed by atoms with Gasteiger partial charge in [0, 0.05) is 37.8 Å². The van der Waals surface area contributed by atoms with Crippen molar-refractivity contribution in [1.82, 2.24) is 15.2 Å². The number of anilines is 1. The molecule has 0 aliphatic carbocycles. The number of fused-ring (bicyclic) bond motifs is 1. The largest absolute Gasteiger partial charge is 0.503 e. The number of phenolic OH excluding ortho intramolecular Hbond substituents is 1. The standard InChI is InChI=1S/C25H27ClN4O4/c1-15(31)19-13-28-21-5-4-16(17-11-20(26)25(33)22(12-17)34-3)10-18(21)24(19)30-8-6-29(7-9-30)23(32)14-27-2/h4-5,10-13,27,33H,6-9,14H2,1-3H3. The number of carbonyl (C=O) groups excluding carboxylic acids is 2. The SMILES string of the molecule is CNCC(=O)N1CCN(c2c(C(C)=O)cnc3ccc(-c4cc(Cl)c(O)c(OC)c4)cc23)CC1. The van der Waals surface area contributed by atoms with Crippen LogP contribution >= 0.6 is 11.6 Å². The third-order valence-corrected chi connectivity index (χ3v) is 6.37. The van der Waals surface area contributed by atoms with E-state index in [4.69, 9.17) is 16.3 Å². The van der Waals surface area contributed by atoms with Gasteiger partial charge in [-0.15, -0.1) is 0 Å². The van der Waals surface area contributed by atoms with E-state index < -0.39 is 0 Å². The number of hydrogen-bond donors (Lipinski definition) is 2. The Morgan fingerprint density at radius 3 is 2.53 bits per heavy atom. The molecular weight excluding hydrogens is 456 g/mol. The fourth-order valence-corrected chi connectivity index (χ4v) is 4.51. The van der Waals surface area contributed by atoms with Gasteiger partial charge >= 0.3 is 0 Å². The van der Waals surface area contributed by atoms with Gasteiger partial charge in [0.25, 0.3) is 0 Å². The van der Waals surface area contributed by atoms with Gasteiger partial charge in [-0.25, -0.2) is 0 Å². The number of phenols is 1. The molecule has 4 rings (SSSR count). The maximum Gasteiger partial charge on any atom is 0.236 e. The van der Waals surface area contributed by atoms with Crippen molar-refractivity contribution in [1.29, 1.82) is 0 Å². The van der Waals surface area contributed by atoms with Gasteiger partial charge in [-0.2, -0.15) is 0 Å². The quantitative estimate of drug-likeness (QED) is 0.520. The van der Waals surface area contributed by atoms with Crippen LogP contribution in [0.5, 0.6) is 11.5 Å². The summed E-state index contributed by atoms with van der Waals surface area (Å²) in [6.07, 6.45) is 1.62. The highest BCUT2D eigenvalue weighted by Crippen LogP contribution is 2.40. The topological polar surface area (TPSA) is 95.0 Å². The van der Waals surface area contributed by atoms with Crippen LogP contribution in [0.1, 0.15) is 17.3 Å². The second kappa shape index (κ2) is 9.87. The van der Waals surface area contributed by atoms with Crippen LogP contribution in [0.3, 0.4) is 0 Å². The summed E-state index contributed by atoms with van der Waals surface area (Å²) in [5.41, 5.74) is 3.73. The first kappa shape index (κ1) is 23.8. The zero-order valence-electron chi connectivity index (χ0n) is 19.4. The summed E-state index contributed by atoms with van der Waals surface area (Å²) < 4.78 is 5.26. The number of benzene rings is 2. The zero-order valence-corrected chi connectivity index (χ0v) is 20.1. The second-order valence-corrected chi connectivity index (χ2v) is 8.62. The highest BCUT2D eigenvalue weighted by Gasteiger charge is 2.25. The van der Waals surface area contributed by atoms with Crippen molar-refractivity contribution in [2.24, 2.45) is 0 Å². The normalized spacial score (nSPS) is 13.9. The third-order valence-electron chi connectivity index (χ3n) is 6.08. The van der Waals surface area contributed by atoms with Crippen LogP contribution in [0, 0.1) is 0 Å². The number of methoxy groups -OCH3 is 1. The van der Waals surface area contributed by atoms with E-state index in [-0.39, 0.29) is 28.2 Å². The molecule has 0 saturated carbocycles. The number of amides is 1. The van der Waals surface area contributed by atoms with E-state index in [0.29, 0.717) is 38.3 Å². The summed E-state index contributed by atoms with van der Waals surface area (Å²) >= 11 is 6.22. The molecule has 1 aliphatic heterocycles. The van der Waals surface area contributed by atoms with Crippen molar-refractivity contribution >= 4 is 39.9 Å². The highest BCUT2D eigenvalue weighted by molar-refractivity contribution is 6.32. The molecule has 0 spiro atoms. The lowest BCUT2D eigenvalue weighted by Gasteiger charge is -2.37. The van der Waals surface area contributed by atoms with Crippen molar-refractivity contribution < 1.29 is 19.4 Å². The molecule has 2 heterocycles. The van der Waals surface area contributed by atoms with Crippen LogP contribution in [0.15, 0.2) is 36.5 Å². The molecule has 0 atom stereocenters. The summed E-state index contributed by atoms with van der Waals surface area (Å²) in [6.45, 7) is 4.21. The molecule has 1 aliphatic rings. The van der Waals surface area contributed by atoms with Crippen LogP contribution in [0.2, 0.25) is 5.02 Å². The van der Waals surface area contributed by atoms with E-state index >= 15 is 0 Å². The van der Waals surface area contributed by atoms with Crippen molar-refractivity contribution in [3.63, 3.8) is 0 Å². The van der Waals surface area contributed by atoms with Crippen molar-refractivity contribution in [3.05, 3.63) is 47.1 Å². The molecule has 3 aromatic rings. The number of halogens is 1. The first-order chi connectivity index (χ1) is 16.3. The molecule has 2 N–H and O–H groups in total. The van der Waals surface area contributed by atoms with Crippen LogP contribution in [0.25, 0.3) is 22.0 Å². The number of likely N-dealkylation sites (N-methyl/N-ethyl adjacent to an activating group) is 1. The smallest absolute Gasteiger partial charge is 0.236 e. The first-order valence-corrected chi connectivity index (χ1v) is 11.4. The van der Waals surface area contributed by atoms with Crippen LogP contribution in [-0.2, 0) is 4.79 Å². The van der Waals surface area contributed by atoms with Gasteiger partial charge in [0.2, 0.25) is 5.91 Å². The van der Waals surface area contributed by atoms with Crippen molar-refractivity contribution in [3.8, 4) is 22.6 Å². The number of Topliss-reactive ketones (excluding diaryl/α,β-unsaturated/α-hetero) is 1. The monoisotopic (exact) mass is 482 g/mol. The highest BCUT2D eigenvalue weighted by atomic mass is 35.5. The summed E-state index contributed by atoms with van der Waals surface area (Å²) in [4.78, 5) is 33.3. The van der Waals surface area contributed by atoms with Gasteiger partial charge in [0.05, 0.1) is 35.4 Å². The minimum atomic E-state index is -0.111. The number of nitrogens with zero attached hydrogens (tertiary/aromatic N) is 3. The van der Waals surface area contributed by atoms with Gasteiger partial charge in [-0.3, -0.25) is 14.6 Å². The zero-order chi connectivity index (χ0) is 24.4. The molecule has 8 nitrogen and oxygen atoms in total. The second-order valence-electron chi connectivity index (χ2n) is 8.22. The number of pyridine rings is 1. The Hall–Kier alpha value is -3.36. The molecule has 2 aromatic carbocycles. The molecule has 34 heavy (non-hydrogen) atoms. The number of rotatable bonds is 6. The van der Waals surface area contributed by atoms with Crippen LogP contribution < -0.4 is 15.0 Å². The molecule has 9 heteroatoms. The Balaban J connectivity index is 1.78. The number of carbonyl (C=O) groups is 2. The third kappa shape index (κ3) is 4.51. The summed E-state index contributed by atoms with van der Waals surface area (Å²) in [6, 6.07) is 9.19. The predicted octanol–water partition coefficient (Wildman–Crippen LogP) is 3.34. The Labute approximate surface area is 203 Å². The number of aromatic hydroxyl groups is 1. The van der Waals surface area contributed by atoms with Gasteiger partial charge in [0.1, 0.15) is 0 Å². The fourth-order valence-electron chi connectivity index (χ4n) is 4.30. The van der Waals surface area contributed by atoms with Gasteiger partial charge in [0.15, 0.2) is 17.3 Å². The lowest BCUT2D eigenvalue weighted by Crippen LogP contribution is -2.51. The van der Waals surface area contributed by atoms with E-state index in [0.717, 1.165) is 27.7 Å². The maximum atomic E-state index is 12.5. The Morgan fingerprint density at radius 2 is 1.88 bits per heavy atom. The molecule has 1 amide bonds. The van der Waals surface area contributed by atoms with Crippen LogP contribution in [0.4, 0.5) is 5.69 Å². The van der Waals surface area contributed by atoms with Crippen molar-refractivity contribution in [2.45, 2.75) is 6.92 Å². The van der Waals surface area contributed by atoms with E-state index in [9.17, 15) is 14.7 Å². The molecular formula is C25H27ClN4O4. The summed E-state index contributed by atoms with van der Waals surface area (Å²) in [5.74, 6) is 0.160. The molecule has 0 bridgehead atoms. The lowest BCUT2D eigenvalue weighted by molar-refractivity contribution is -0.130. The van der Waals surface area contributed by atoms with Gasteiger partial charge < -0.3 is 25.0 Å². The molecule has 0 unspecified atom stereocenters. The maximum absolute atomic E-state index is 12.5. The average molecular weight is 483 g/mol.